The van der Waals surface area contributed by atoms with Crippen LogP contribution in [0.2, 0.25) is 0 Å². The van der Waals surface area contributed by atoms with Crippen molar-refractivity contribution in [1.29, 1.82) is 0 Å². The average molecular weight is 464 g/mol. The van der Waals surface area contributed by atoms with Crippen molar-refractivity contribution in [2.24, 2.45) is 0 Å². The SMILES string of the molecule is CCOc1nc(Nc2ccc([C@H](N3CCN(C)CC3)C(F)(F)F)cc2OC)nc2[nH]ccc12. The van der Waals surface area contributed by atoms with Crippen LogP contribution < -0.4 is 14.8 Å². The second kappa shape index (κ2) is 9.44. The molecule has 1 aromatic carbocycles. The van der Waals surface area contributed by atoms with Crippen molar-refractivity contribution < 1.29 is 22.6 Å². The molecule has 4 rings (SSSR count). The van der Waals surface area contributed by atoms with Gasteiger partial charge in [-0.05, 0) is 37.7 Å². The molecule has 3 heterocycles. The summed E-state index contributed by atoms with van der Waals surface area (Å²) in [4.78, 5) is 15.3. The average Bonchev–Trinajstić information content (AvgIpc) is 3.24. The minimum atomic E-state index is -4.41. The van der Waals surface area contributed by atoms with Crippen LogP contribution in [0.5, 0.6) is 11.6 Å². The van der Waals surface area contributed by atoms with Crippen molar-refractivity contribution in [1.82, 2.24) is 24.8 Å². The fourth-order valence-electron chi connectivity index (χ4n) is 4.00. The topological polar surface area (TPSA) is 78.5 Å². The number of benzene rings is 1. The number of fused-ring (bicyclic) bond motifs is 1. The van der Waals surface area contributed by atoms with Crippen LogP contribution in [0.3, 0.4) is 0 Å². The van der Waals surface area contributed by atoms with Crippen LogP contribution in [0, 0.1) is 0 Å². The third-order valence-corrected chi connectivity index (χ3v) is 5.66. The highest BCUT2D eigenvalue weighted by atomic mass is 19.4. The molecule has 0 unspecified atom stereocenters. The molecule has 1 aliphatic heterocycles. The van der Waals surface area contributed by atoms with Gasteiger partial charge >= 0.3 is 6.18 Å². The molecule has 0 saturated carbocycles. The normalized spacial score (nSPS) is 16.7. The van der Waals surface area contributed by atoms with E-state index in [4.69, 9.17) is 9.47 Å². The van der Waals surface area contributed by atoms with Gasteiger partial charge in [-0.2, -0.15) is 23.1 Å². The number of aromatic amines is 1. The van der Waals surface area contributed by atoms with Crippen molar-refractivity contribution >= 4 is 22.7 Å². The second-order valence-electron chi connectivity index (χ2n) is 7.89. The molecule has 0 spiro atoms. The van der Waals surface area contributed by atoms with Gasteiger partial charge in [-0.15, -0.1) is 0 Å². The van der Waals surface area contributed by atoms with Crippen LogP contribution in [0.25, 0.3) is 11.0 Å². The van der Waals surface area contributed by atoms with Gasteiger partial charge in [-0.3, -0.25) is 4.90 Å². The molecule has 8 nitrogen and oxygen atoms in total. The molecule has 0 radical (unpaired) electrons. The Labute approximate surface area is 189 Å². The van der Waals surface area contributed by atoms with E-state index in [9.17, 15) is 13.2 Å². The minimum absolute atomic E-state index is 0.130. The summed E-state index contributed by atoms with van der Waals surface area (Å²) in [5.74, 6) is 0.920. The maximum Gasteiger partial charge on any atom is 0.408 e. The third-order valence-electron chi connectivity index (χ3n) is 5.66. The van der Waals surface area contributed by atoms with Crippen molar-refractivity contribution in [3.63, 3.8) is 0 Å². The number of alkyl halides is 3. The lowest BCUT2D eigenvalue weighted by atomic mass is 10.0. The summed E-state index contributed by atoms with van der Waals surface area (Å²) < 4.78 is 53.2. The Hall–Kier alpha value is -3.05. The highest BCUT2D eigenvalue weighted by molar-refractivity contribution is 5.82. The van der Waals surface area contributed by atoms with E-state index in [2.05, 4.69) is 20.3 Å². The third kappa shape index (κ3) is 4.98. The quantitative estimate of drug-likeness (QED) is 0.548. The number of likely N-dealkylation sites (N-methyl/N-ethyl adjacent to an activating group) is 1. The van der Waals surface area contributed by atoms with E-state index in [0.717, 1.165) is 5.39 Å². The fourth-order valence-corrected chi connectivity index (χ4v) is 4.00. The summed E-state index contributed by atoms with van der Waals surface area (Å²) in [6.07, 6.45) is -2.68. The first-order chi connectivity index (χ1) is 15.8. The van der Waals surface area contributed by atoms with Gasteiger partial charge in [0.25, 0.3) is 0 Å². The zero-order chi connectivity index (χ0) is 23.6. The number of aromatic nitrogens is 3. The number of anilines is 2. The molecule has 0 bridgehead atoms. The molecule has 1 saturated heterocycles. The van der Waals surface area contributed by atoms with Crippen molar-refractivity contribution in [2.75, 3.05) is 52.3 Å². The molecule has 3 aromatic rings. The Morgan fingerprint density at radius 1 is 1.15 bits per heavy atom. The van der Waals surface area contributed by atoms with E-state index < -0.39 is 12.2 Å². The highest BCUT2D eigenvalue weighted by Gasteiger charge is 2.45. The maximum absolute atomic E-state index is 14.1. The Bertz CT molecular complexity index is 1100. The van der Waals surface area contributed by atoms with Gasteiger partial charge in [0.05, 0.1) is 24.8 Å². The van der Waals surface area contributed by atoms with E-state index in [1.165, 1.54) is 24.1 Å². The first-order valence-corrected chi connectivity index (χ1v) is 10.7. The second-order valence-corrected chi connectivity index (χ2v) is 7.89. The maximum atomic E-state index is 14.1. The van der Waals surface area contributed by atoms with Crippen LogP contribution in [0.1, 0.15) is 18.5 Å². The summed E-state index contributed by atoms with van der Waals surface area (Å²) >= 11 is 0. The number of rotatable bonds is 7. The monoisotopic (exact) mass is 464 g/mol. The number of hydrogen-bond acceptors (Lipinski definition) is 7. The zero-order valence-electron chi connectivity index (χ0n) is 18.7. The Morgan fingerprint density at radius 2 is 1.91 bits per heavy atom. The largest absolute Gasteiger partial charge is 0.495 e. The van der Waals surface area contributed by atoms with Gasteiger partial charge in [0.2, 0.25) is 11.8 Å². The van der Waals surface area contributed by atoms with Gasteiger partial charge in [0, 0.05) is 32.4 Å². The van der Waals surface area contributed by atoms with Crippen molar-refractivity contribution in [3.8, 4) is 11.6 Å². The van der Waals surface area contributed by atoms with E-state index in [1.54, 1.807) is 12.3 Å². The van der Waals surface area contributed by atoms with Crippen LogP contribution in [-0.4, -0.2) is 77.9 Å². The van der Waals surface area contributed by atoms with Crippen LogP contribution in [0.15, 0.2) is 30.5 Å². The lowest BCUT2D eigenvalue weighted by molar-refractivity contribution is -0.190. The van der Waals surface area contributed by atoms with Gasteiger partial charge in [-0.1, -0.05) is 6.07 Å². The number of methoxy groups -OCH3 is 1. The number of ether oxygens (including phenoxy) is 2. The van der Waals surface area contributed by atoms with Crippen LogP contribution in [-0.2, 0) is 0 Å². The van der Waals surface area contributed by atoms with E-state index >= 15 is 0 Å². The fraction of sp³-hybridized carbons (Fsp3) is 0.455. The molecule has 33 heavy (non-hydrogen) atoms. The van der Waals surface area contributed by atoms with Gasteiger partial charge in [-0.25, -0.2) is 0 Å². The van der Waals surface area contributed by atoms with Crippen LogP contribution >= 0.6 is 0 Å². The summed E-state index contributed by atoms with van der Waals surface area (Å²) in [5, 5.41) is 3.79. The van der Waals surface area contributed by atoms with E-state index in [-0.39, 0.29) is 17.3 Å². The molecule has 1 aliphatic rings. The molecule has 178 valence electrons. The number of H-pyrrole nitrogens is 1. The molecule has 11 heteroatoms. The van der Waals surface area contributed by atoms with Crippen molar-refractivity contribution in [2.45, 2.75) is 19.1 Å². The summed E-state index contributed by atoms with van der Waals surface area (Å²) in [6.45, 7) is 4.14. The summed E-state index contributed by atoms with van der Waals surface area (Å²) in [6, 6.07) is 4.57. The first kappa shape index (κ1) is 23.1. The molecule has 1 fully saturated rings. The molecular formula is C22H27F3N6O2. The molecule has 0 amide bonds. The highest BCUT2D eigenvalue weighted by Crippen LogP contribution is 2.41. The zero-order valence-corrected chi connectivity index (χ0v) is 18.7. The predicted molar refractivity (Wildman–Crippen MR) is 119 cm³/mol. The number of nitrogens with zero attached hydrogens (tertiary/aromatic N) is 4. The van der Waals surface area contributed by atoms with Crippen molar-refractivity contribution in [3.05, 3.63) is 36.0 Å². The van der Waals surface area contributed by atoms with Gasteiger partial charge < -0.3 is 24.7 Å². The number of hydrogen-bond donors (Lipinski definition) is 2. The molecule has 1 atom stereocenters. The number of piperazine rings is 1. The molecule has 2 N–H and O–H groups in total. The Balaban J connectivity index is 1.64. The Kier molecular flexibility index (Phi) is 6.61. The lowest BCUT2D eigenvalue weighted by Crippen LogP contribution is -2.49. The van der Waals surface area contributed by atoms with E-state index in [0.29, 0.717) is 50.0 Å². The Morgan fingerprint density at radius 3 is 2.58 bits per heavy atom. The summed E-state index contributed by atoms with van der Waals surface area (Å²) in [7, 11) is 3.33. The van der Waals surface area contributed by atoms with Crippen LogP contribution in [0.4, 0.5) is 24.8 Å². The van der Waals surface area contributed by atoms with E-state index in [1.807, 2.05) is 24.9 Å². The number of nitrogens with one attached hydrogen (secondary N) is 2. The number of halogens is 3. The molecule has 0 aliphatic carbocycles. The smallest absolute Gasteiger partial charge is 0.408 e. The predicted octanol–water partition coefficient (Wildman–Crippen LogP) is 3.96. The minimum Gasteiger partial charge on any atom is -0.495 e. The molecule has 2 aromatic heterocycles. The van der Waals surface area contributed by atoms with Gasteiger partial charge in [0.15, 0.2) is 0 Å². The lowest BCUT2D eigenvalue weighted by Gasteiger charge is -2.39. The summed E-state index contributed by atoms with van der Waals surface area (Å²) in [5.41, 5.74) is 1.16. The molecular weight excluding hydrogens is 437 g/mol. The first-order valence-electron chi connectivity index (χ1n) is 10.7. The van der Waals surface area contributed by atoms with Gasteiger partial charge in [0.1, 0.15) is 17.4 Å². The standard InChI is InChI=1S/C22H27F3N6O2/c1-4-33-20-15-7-8-26-19(15)28-21(29-20)27-16-6-5-14(13-17(16)32-3)18(22(23,24)25)31-11-9-30(2)10-12-31/h5-8,13,18H,4,9-12H2,1-3H3,(H2,26,27,28,29)/t18-/m0/s1.